The summed E-state index contributed by atoms with van der Waals surface area (Å²) in [7, 11) is 3.96. The van der Waals surface area contributed by atoms with E-state index in [1.54, 1.807) is 0 Å². The van der Waals surface area contributed by atoms with Crippen LogP contribution in [0.15, 0.2) is 12.1 Å². The average molecular weight is 179 g/mol. The summed E-state index contributed by atoms with van der Waals surface area (Å²) in [5, 5.41) is 0. The number of hydrogen-bond donors (Lipinski definition) is 1. The van der Waals surface area contributed by atoms with Crippen molar-refractivity contribution in [1.29, 1.82) is 0 Å². The van der Waals surface area contributed by atoms with Gasteiger partial charge in [0.15, 0.2) is 0 Å². The van der Waals surface area contributed by atoms with E-state index in [2.05, 4.69) is 4.98 Å². The highest BCUT2D eigenvalue weighted by Crippen LogP contribution is 2.17. The monoisotopic (exact) mass is 179 g/mol. The third-order valence-corrected chi connectivity index (χ3v) is 2.06. The van der Waals surface area contributed by atoms with Crippen molar-refractivity contribution < 1.29 is 0 Å². The van der Waals surface area contributed by atoms with Gasteiger partial charge in [-0.25, -0.2) is 4.98 Å². The van der Waals surface area contributed by atoms with Crippen molar-refractivity contribution in [1.82, 2.24) is 4.98 Å². The maximum absolute atomic E-state index is 5.79. The van der Waals surface area contributed by atoms with E-state index >= 15 is 0 Å². The van der Waals surface area contributed by atoms with Crippen molar-refractivity contribution in [2.75, 3.05) is 19.0 Å². The Morgan fingerprint density at radius 2 is 2.00 bits per heavy atom. The minimum absolute atomic E-state index is 0.0590. The number of pyridine rings is 1. The minimum atomic E-state index is 0.0590. The van der Waals surface area contributed by atoms with E-state index < -0.39 is 0 Å². The van der Waals surface area contributed by atoms with Crippen LogP contribution in [0.4, 0.5) is 5.82 Å². The van der Waals surface area contributed by atoms with E-state index in [1.807, 2.05) is 45.0 Å². The lowest BCUT2D eigenvalue weighted by atomic mass is 10.1. The molecule has 0 aliphatic carbocycles. The molecule has 0 unspecified atom stereocenters. The van der Waals surface area contributed by atoms with E-state index in [0.717, 1.165) is 17.1 Å². The molecular weight excluding hydrogens is 162 g/mol. The normalized spacial score (nSPS) is 12.7. The number of rotatable bonds is 2. The van der Waals surface area contributed by atoms with Gasteiger partial charge in [0.2, 0.25) is 0 Å². The van der Waals surface area contributed by atoms with Gasteiger partial charge >= 0.3 is 0 Å². The van der Waals surface area contributed by atoms with Crippen molar-refractivity contribution in [3.63, 3.8) is 0 Å². The fraction of sp³-hybridized carbons (Fsp3) is 0.500. The molecule has 0 aromatic carbocycles. The zero-order valence-corrected chi connectivity index (χ0v) is 8.70. The first-order valence-electron chi connectivity index (χ1n) is 4.43. The molecule has 3 heteroatoms. The molecule has 0 spiro atoms. The van der Waals surface area contributed by atoms with Crippen LogP contribution in [0.1, 0.15) is 24.2 Å². The van der Waals surface area contributed by atoms with Crippen LogP contribution >= 0.6 is 0 Å². The third kappa shape index (κ3) is 2.18. The minimum Gasteiger partial charge on any atom is -0.363 e. The van der Waals surface area contributed by atoms with E-state index in [9.17, 15) is 0 Å². The van der Waals surface area contributed by atoms with Crippen LogP contribution in [0.3, 0.4) is 0 Å². The zero-order valence-electron chi connectivity index (χ0n) is 8.70. The molecule has 13 heavy (non-hydrogen) atoms. The third-order valence-electron chi connectivity index (χ3n) is 2.06. The lowest BCUT2D eigenvalue weighted by Gasteiger charge is -2.15. The van der Waals surface area contributed by atoms with Crippen molar-refractivity contribution in [3.05, 3.63) is 23.4 Å². The Kier molecular flexibility index (Phi) is 2.88. The SMILES string of the molecule is Cc1nc(N(C)C)ccc1[C@@H](C)N. The molecule has 1 aromatic heterocycles. The smallest absolute Gasteiger partial charge is 0.128 e. The molecule has 0 saturated heterocycles. The Labute approximate surface area is 79.6 Å². The summed E-state index contributed by atoms with van der Waals surface area (Å²) < 4.78 is 0. The fourth-order valence-electron chi connectivity index (χ4n) is 1.29. The van der Waals surface area contributed by atoms with Crippen LogP contribution < -0.4 is 10.6 Å². The fourth-order valence-corrected chi connectivity index (χ4v) is 1.29. The van der Waals surface area contributed by atoms with Gasteiger partial charge in [0.25, 0.3) is 0 Å². The highest BCUT2D eigenvalue weighted by molar-refractivity contribution is 5.40. The van der Waals surface area contributed by atoms with E-state index in [0.29, 0.717) is 0 Å². The zero-order chi connectivity index (χ0) is 10.0. The van der Waals surface area contributed by atoms with Gasteiger partial charge in [-0.05, 0) is 25.5 Å². The second-order valence-corrected chi connectivity index (χ2v) is 3.53. The van der Waals surface area contributed by atoms with Crippen molar-refractivity contribution >= 4 is 5.82 Å². The maximum atomic E-state index is 5.79. The number of anilines is 1. The van der Waals surface area contributed by atoms with Crippen molar-refractivity contribution in [3.8, 4) is 0 Å². The Hall–Kier alpha value is -1.09. The summed E-state index contributed by atoms with van der Waals surface area (Å²) >= 11 is 0. The van der Waals surface area contributed by atoms with Crippen molar-refractivity contribution in [2.45, 2.75) is 19.9 Å². The molecule has 1 heterocycles. The number of hydrogen-bond acceptors (Lipinski definition) is 3. The van der Waals surface area contributed by atoms with Gasteiger partial charge in [0.05, 0.1) is 0 Å². The van der Waals surface area contributed by atoms with Crippen LogP contribution in [0, 0.1) is 6.92 Å². The summed E-state index contributed by atoms with van der Waals surface area (Å²) in [5.41, 5.74) is 7.92. The molecule has 0 aliphatic heterocycles. The van der Waals surface area contributed by atoms with Crippen LogP contribution in [-0.2, 0) is 0 Å². The van der Waals surface area contributed by atoms with Gasteiger partial charge in [0, 0.05) is 25.8 Å². The van der Waals surface area contributed by atoms with Crippen LogP contribution in [-0.4, -0.2) is 19.1 Å². The Morgan fingerprint density at radius 3 is 2.38 bits per heavy atom. The molecule has 0 amide bonds. The lowest BCUT2D eigenvalue weighted by Crippen LogP contribution is -2.13. The average Bonchev–Trinajstić information content (AvgIpc) is 2.03. The molecule has 72 valence electrons. The maximum Gasteiger partial charge on any atom is 0.128 e. The predicted molar refractivity (Wildman–Crippen MR) is 55.9 cm³/mol. The van der Waals surface area contributed by atoms with Gasteiger partial charge in [-0.15, -0.1) is 0 Å². The standard InChI is InChI=1S/C10H17N3/c1-7(11)9-5-6-10(13(3)4)12-8(9)2/h5-7H,11H2,1-4H3/t7-/m1/s1. The highest BCUT2D eigenvalue weighted by Gasteiger charge is 2.06. The number of aryl methyl sites for hydroxylation is 1. The van der Waals surface area contributed by atoms with Gasteiger partial charge < -0.3 is 10.6 Å². The van der Waals surface area contributed by atoms with Crippen LogP contribution in [0.25, 0.3) is 0 Å². The van der Waals surface area contributed by atoms with E-state index in [4.69, 9.17) is 5.73 Å². The number of aromatic nitrogens is 1. The van der Waals surface area contributed by atoms with Crippen molar-refractivity contribution in [2.24, 2.45) is 5.73 Å². The first-order valence-corrected chi connectivity index (χ1v) is 4.43. The van der Waals surface area contributed by atoms with Gasteiger partial charge in [0.1, 0.15) is 5.82 Å². The summed E-state index contributed by atoms with van der Waals surface area (Å²) in [6, 6.07) is 4.09. The summed E-state index contributed by atoms with van der Waals surface area (Å²) in [4.78, 5) is 6.42. The topological polar surface area (TPSA) is 42.2 Å². The van der Waals surface area contributed by atoms with E-state index in [1.165, 1.54) is 0 Å². The summed E-state index contributed by atoms with van der Waals surface area (Å²) in [5.74, 6) is 0.974. The van der Waals surface area contributed by atoms with Gasteiger partial charge in [-0.2, -0.15) is 0 Å². The Morgan fingerprint density at radius 1 is 1.38 bits per heavy atom. The quantitative estimate of drug-likeness (QED) is 0.747. The highest BCUT2D eigenvalue weighted by atomic mass is 15.1. The molecule has 0 fully saturated rings. The molecule has 1 rings (SSSR count). The molecule has 3 nitrogen and oxygen atoms in total. The van der Waals surface area contributed by atoms with Crippen LogP contribution in [0.5, 0.6) is 0 Å². The molecule has 2 N–H and O–H groups in total. The lowest BCUT2D eigenvalue weighted by molar-refractivity contribution is 0.798. The summed E-state index contributed by atoms with van der Waals surface area (Å²) in [6.45, 7) is 3.96. The number of nitrogens with zero attached hydrogens (tertiary/aromatic N) is 2. The van der Waals surface area contributed by atoms with E-state index in [-0.39, 0.29) is 6.04 Å². The molecule has 0 saturated carbocycles. The summed E-state index contributed by atoms with van der Waals surface area (Å²) in [6.07, 6.45) is 0. The van der Waals surface area contributed by atoms with Crippen LogP contribution in [0.2, 0.25) is 0 Å². The van der Waals surface area contributed by atoms with Gasteiger partial charge in [-0.3, -0.25) is 0 Å². The second-order valence-electron chi connectivity index (χ2n) is 3.53. The first-order chi connectivity index (χ1) is 6.02. The molecule has 0 aliphatic rings. The predicted octanol–water partition coefficient (Wildman–Crippen LogP) is 1.48. The second kappa shape index (κ2) is 3.75. The molecule has 0 radical (unpaired) electrons. The Balaban J connectivity index is 3.06. The molecule has 1 atom stereocenters. The molecule has 1 aromatic rings. The van der Waals surface area contributed by atoms with Gasteiger partial charge in [-0.1, -0.05) is 6.07 Å². The molecular formula is C10H17N3. The number of nitrogens with two attached hydrogens (primary N) is 1. The largest absolute Gasteiger partial charge is 0.363 e. The Bertz CT molecular complexity index is 292. The molecule has 0 bridgehead atoms. The first kappa shape index (κ1) is 9.99.